The van der Waals surface area contributed by atoms with E-state index in [1.54, 1.807) is 7.11 Å². The zero-order valence-electron chi connectivity index (χ0n) is 10.4. The molecule has 108 valence electrons. The monoisotopic (exact) mass is 341 g/mol. The Bertz CT molecular complexity index is 399. The Morgan fingerprint density at radius 3 is 2.68 bits per heavy atom. The molecule has 0 atom stereocenters. The van der Waals surface area contributed by atoms with E-state index in [1.165, 1.54) is 0 Å². The first-order valence-corrected chi connectivity index (χ1v) is 6.39. The number of benzene rings is 1. The Kier molecular flexibility index (Phi) is 6.60. The summed E-state index contributed by atoms with van der Waals surface area (Å²) in [5.41, 5.74) is 0.924. The molecule has 0 aliphatic carbocycles. The van der Waals surface area contributed by atoms with Crippen LogP contribution in [0.15, 0.2) is 22.7 Å². The lowest BCUT2D eigenvalue weighted by Gasteiger charge is -2.11. The number of hydrogen-bond acceptors (Lipinski definition) is 3. The molecule has 0 aromatic heterocycles. The van der Waals surface area contributed by atoms with Gasteiger partial charge in [-0.05, 0) is 18.2 Å². The van der Waals surface area contributed by atoms with Crippen LogP contribution in [0.2, 0.25) is 0 Å². The predicted octanol–water partition coefficient (Wildman–Crippen LogP) is 3.13. The fourth-order valence-electron chi connectivity index (χ4n) is 1.44. The maximum absolute atomic E-state index is 11.8. The van der Waals surface area contributed by atoms with Gasteiger partial charge in [0, 0.05) is 23.1 Å². The van der Waals surface area contributed by atoms with E-state index in [4.69, 9.17) is 4.74 Å². The highest BCUT2D eigenvalue weighted by molar-refractivity contribution is 9.10. The maximum atomic E-state index is 11.8. The van der Waals surface area contributed by atoms with Crippen LogP contribution in [-0.2, 0) is 11.3 Å². The fourth-order valence-corrected chi connectivity index (χ4v) is 1.85. The number of methoxy groups -OCH3 is 1. The number of halogens is 4. The van der Waals surface area contributed by atoms with Crippen molar-refractivity contribution in [3.05, 3.63) is 28.2 Å². The van der Waals surface area contributed by atoms with Crippen LogP contribution in [0, 0.1) is 0 Å². The minimum Gasteiger partial charge on any atom is -0.496 e. The number of alkyl halides is 3. The second-order valence-corrected chi connectivity index (χ2v) is 4.72. The minimum absolute atomic E-state index is 0.00975. The lowest BCUT2D eigenvalue weighted by Crippen LogP contribution is -2.23. The molecule has 1 aromatic rings. The van der Waals surface area contributed by atoms with E-state index in [0.717, 1.165) is 15.8 Å². The summed E-state index contributed by atoms with van der Waals surface area (Å²) in [6.07, 6.45) is -4.27. The molecule has 19 heavy (non-hydrogen) atoms. The van der Waals surface area contributed by atoms with Crippen molar-refractivity contribution in [2.75, 3.05) is 26.9 Å². The van der Waals surface area contributed by atoms with Crippen LogP contribution in [0.25, 0.3) is 0 Å². The third kappa shape index (κ3) is 6.79. The van der Waals surface area contributed by atoms with Crippen LogP contribution >= 0.6 is 15.9 Å². The molecule has 1 aromatic carbocycles. The van der Waals surface area contributed by atoms with Crippen molar-refractivity contribution in [1.29, 1.82) is 0 Å². The van der Waals surface area contributed by atoms with Gasteiger partial charge in [0.25, 0.3) is 0 Å². The molecule has 0 aliphatic rings. The molecule has 0 heterocycles. The van der Waals surface area contributed by atoms with Gasteiger partial charge in [-0.2, -0.15) is 13.2 Å². The summed E-state index contributed by atoms with van der Waals surface area (Å²) in [7, 11) is 1.57. The van der Waals surface area contributed by atoms with E-state index in [2.05, 4.69) is 26.0 Å². The molecule has 1 N–H and O–H groups in total. The lowest BCUT2D eigenvalue weighted by atomic mass is 10.2. The van der Waals surface area contributed by atoms with Gasteiger partial charge < -0.3 is 14.8 Å². The van der Waals surface area contributed by atoms with E-state index in [9.17, 15) is 13.2 Å². The Morgan fingerprint density at radius 1 is 1.32 bits per heavy atom. The molecule has 0 radical (unpaired) electrons. The van der Waals surface area contributed by atoms with Gasteiger partial charge in [0.1, 0.15) is 12.4 Å². The Hall–Kier alpha value is -0.790. The summed E-state index contributed by atoms with van der Waals surface area (Å²) < 4.78 is 46.0. The van der Waals surface area contributed by atoms with Gasteiger partial charge in [0.05, 0.1) is 13.7 Å². The topological polar surface area (TPSA) is 30.5 Å². The van der Waals surface area contributed by atoms with Crippen molar-refractivity contribution in [3.8, 4) is 5.75 Å². The molecule has 7 heteroatoms. The summed E-state index contributed by atoms with van der Waals surface area (Å²) in [6, 6.07) is 5.57. The summed E-state index contributed by atoms with van der Waals surface area (Å²) in [5, 5.41) is 3.00. The first-order valence-electron chi connectivity index (χ1n) is 5.60. The van der Waals surface area contributed by atoms with Crippen LogP contribution in [0.5, 0.6) is 5.75 Å². The van der Waals surface area contributed by atoms with Gasteiger partial charge in [0.15, 0.2) is 0 Å². The average Bonchev–Trinajstić information content (AvgIpc) is 2.32. The van der Waals surface area contributed by atoms with Crippen molar-refractivity contribution in [1.82, 2.24) is 5.32 Å². The van der Waals surface area contributed by atoms with Gasteiger partial charge in [-0.25, -0.2) is 0 Å². The highest BCUT2D eigenvalue weighted by atomic mass is 79.9. The Morgan fingerprint density at radius 2 is 2.05 bits per heavy atom. The summed E-state index contributed by atoms with van der Waals surface area (Å²) in [5.74, 6) is 0.729. The molecule has 0 saturated carbocycles. The van der Waals surface area contributed by atoms with Gasteiger partial charge >= 0.3 is 6.18 Å². The molecular weight excluding hydrogens is 327 g/mol. The molecule has 0 spiro atoms. The minimum atomic E-state index is -4.27. The summed E-state index contributed by atoms with van der Waals surface area (Å²) in [4.78, 5) is 0. The van der Waals surface area contributed by atoms with Gasteiger partial charge in [0.2, 0.25) is 0 Å². The van der Waals surface area contributed by atoms with Gasteiger partial charge in [-0.1, -0.05) is 15.9 Å². The molecule has 0 saturated heterocycles. The van der Waals surface area contributed by atoms with Crippen molar-refractivity contribution in [2.24, 2.45) is 0 Å². The van der Waals surface area contributed by atoms with E-state index < -0.39 is 12.8 Å². The second-order valence-electron chi connectivity index (χ2n) is 3.80. The van der Waals surface area contributed by atoms with E-state index in [-0.39, 0.29) is 6.61 Å². The predicted molar refractivity (Wildman–Crippen MR) is 69.3 cm³/mol. The number of ether oxygens (including phenoxy) is 2. The summed E-state index contributed by atoms with van der Waals surface area (Å²) in [6.45, 7) is -0.367. The van der Waals surface area contributed by atoms with Crippen molar-refractivity contribution >= 4 is 15.9 Å². The standard InChI is InChI=1S/C12H15BrF3NO2/c1-18-11-3-2-10(13)6-9(11)7-17-4-5-19-8-12(14,15)16/h2-3,6,17H,4-5,7-8H2,1H3. The van der Waals surface area contributed by atoms with E-state index >= 15 is 0 Å². The molecule has 0 fully saturated rings. The third-order valence-corrected chi connectivity index (χ3v) is 2.74. The Balaban J connectivity index is 2.28. The quantitative estimate of drug-likeness (QED) is 0.773. The maximum Gasteiger partial charge on any atom is 0.411 e. The zero-order valence-corrected chi connectivity index (χ0v) is 12.0. The number of nitrogens with one attached hydrogen (secondary N) is 1. The Labute approximate surface area is 118 Å². The lowest BCUT2D eigenvalue weighted by molar-refractivity contribution is -0.173. The number of rotatable bonds is 7. The highest BCUT2D eigenvalue weighted by Gasteiger charge is 2.27. The van der Waals surface area contributed by atoms with Crippen LogP contribution in [0.3, 0.4) is 0 Å². The first kappa shape index (κ1) is 16.3. The van der Waals surface area contributed by atoms with Crippen LogP contribution in [-0.4, -0.2) is 33.0 Å². The molecule has 0 amide bonds. The fraction of sp³-hybridized carbons (Fsp3) is 0.500. The number of hydrogen-bond donors (Lipinski definition) is 1. The zero-order chi connectivity index (χ0) is 14.3. The first-order chi connectivity index (χ1) is 8.92. The summed E-state index contributed by atoms with van der Waals surface area (Å²) >= 11 is 3.35. The van der Waals surface area contributed by atoms with Crippen molar-refractivity contribution in [2.45, 2.75) is 12.7 Å². The van der Waals surface area contributed by atoms with Crippen LogP contribution in [0.1, 0.15) is 5.56 Å². The van der Waals surface area contributed by atoms with Crippen LogP contribution < -0.4 is 10.1 Å². The highest BCUT2D eigenvalue weighted by Crippen LogP contribution is 2.22. The molecule has 1 rings (SSSR count). The van der Waals surface area contributed by atoms with Crippen LogP contribution in [0.4, 0.5) is 13.2 Å². The largest absolute Gasteiger partial charge is 0.496 e. The van der Waals surface area contributed by atoms with Gasteiger partial charge in [-0.15, -0.1) is 0 Å². The van der Waals surface area contributed by atoms with E-state index in [0.29, 0.717) is 13.1 Å². The molecule has 3 nitrogen and oxygen atoms in total. The molecular formula is C12H15BrF3NO2. The second kappa shape index (κ2) is 7.72. The van der Waals surface area contributed by atoms with Crippen molar-refractivity contribution < 1.29 is 22.6 Å². The van der Waals surface area contributed by atoms with E-state index in [1.807, 2.05) is 18.2 Å². The molecule has 0 bridgehead atoms. The molecule has 0 unspecified atom stereocenters. The smallest absolute Gasteiger partial charge is 0.411 e. The SMILES string of the molecule is COc1ccc(Br)cc1CNCCOCC(F)(F)F. The van der Waals surface area contributed by atoms with Crippen molar-refractivity contribution in [3.63, 3.8) is 0 Å². The molecule has 0 aliphatic heterocycles. The third-order valence-electron chi connectivity index (χ3n) is 2.25. The average molecular weight is 342 g/mol. The normalized spacial score (nSPS) is 11.6. The van der Waals surface area contributed by atoms with Gasteiger partial charge in [-0.3, -0.25) is 0 Å².